The van der Waals surface area contributed by atoms with Crippen molar-refractivity contribution in [3.05, 3.63) is 70.0 Å². The third kappa shape index (κ3) is 4.97. The quantitative estimate of drug-likeness (QED) is 0.346. The third-order valence-electron chi connectivity index (χ3n) is 5.73. The molecule has 0 bridgehead atoms. The van der Waals surface area contributed by atoms with E-state index in [1.54, 1.807) is 4.90 Å². The predicted octanol–water partition coefficient (Wildman–Crippen LogP) is 4.67. The normalized spacial score (nSPS) is 12.0. The number of fused-ring (bicyclic) bond motifs is 1. The minimum atomic E-state index is -3.59. The van der Waals surface area contributed by atoms with Crippen LogP contribution in [0.15, 0.2) is 47.4 Å². The fraction of sp³-hybridized carbons (Fsp3) is 0.292. The summed E-state index contributed by atoms with van der Waals surface area (Å²) in [4.78, 5) is 20.1. The topological polar surface area (TPSA) is 88.4 Å². The lowest BCUT2D eigenvalue weighted by Crippen LogP contribution is -2.34. The van der Waals surface area contributed by atoms with Crippen molar-refractivity contribution in [2.24, 2.45) is 0 Å². The summed E-state index contributed by atoms with van der Waals surface area (Å²) in [5.41, 5.74) is 3.89. The van der Waals surface area contributed by atoms with Crippen LogP contribution in [0.1, 0.15) is 27.3 Å². The number of aryl methyl sites for hydroxylation is 3. The zero-order valence-electron chi connectivity index (χ0n) is 20.1. The highest BCUT2D eigenvalue weighted by molar-refractivity contribution is 7.89. The fourth-order valence-corrected chi connectivity index (χ4v) is 5.82. The number of halogens is 1. The first-order valence-electron chi connectivity index (χ1n) is 10.9. The Balaban J connectivity index is 1.71. The van der Waals surface area contributed by atoms with Gasteiger partial charge in [-0.25, -0.2) is 17.7 Å². The smallest absolute Gasteiger partial charge is 0.260 e. The number of rotatable bonds is 7. The molecule has 0 fully saturated rings. The van der Waals surface area contributed by atoms with Gasteiger partial charge in [-0.2, -0.15) is 5.10 Å². The molecule has 2 heterocycles. The number of anilines is 1. The van der Waals surface area contributed by atoms with Crippen LogP contribution in [0.2, 0.25) is 5.02 Å². The molecule has 35 heavy (non-hydrogen) atoms. The van der Waals surface area contributed by atoms with Gasteiger partial charge in [0.2, 0.25) is 10.0 Å². The number of carbonyl (C=O) groups is 1. The summed E-state index contributed by atoms with van der Waals surface area (Å²) in [6, 6.07) is 11.7. The Labute approximate surface area is 213 Å². The minimum absolute atomic E-state index is 0.124. The number of benzene rings is 2. The Bertz CT molecular complexity index is 1510. The van der Waals surface area contributed by atoms with Crippen LogP contribution in [0, 0.1) is 20.8 Å². The monoisotopic (exact) mass is 531 g/mol. The number of hydrogen-bond donors (Lipinski definition) is 0. The SMILES string of the molecule is Cc1cc(C)n(CCN(C(=O)c2ccc(S(=O)(=O)N(C)C)cc2)c2nc3c(C)c(Cl)ccc3s2)n1. The maximum atomic E-state index is 13.7. The van der Waals surface area contributed by atoms with Crippen LogP contribution in [0.5, 0.6) is 0 Å². The molecule has 0 atom stereocenters. The van der Waals surface area contributed by atoms with E-state index in [0.717, 1.165) is 31.5 Å². The van der Waals surface area contributed by atoms with Gasteiger partial charge in [0.05, 0.1) is 27.4 Å². The Hall–Kier alpha value is -2.79. The Morgan fingerprint density at radius 2 is 1.77 bits per heavy atom. The molecule has 0 radical (unpaired) electrons. The highest BCUT2D eigenvalue weighted by Gasteiger charge is 2.24. The van der Waals surface area contributed by atoms with Crippen LogP contribution in [-0.2, 0) is 16.6 Å². The molecule has 0 unspecified atom stereocenters. The molecule has 4 aromatic rings. The average Bonchev–Trinajstić information content (AvgIpc) is 3.39. The summed E-state index contributed by atoms with van der Waals surface area (Å²) in [6.45, 7) is 6.62. The lowest BCUT2D eigenvalue weighted by Gasteiger charge is -2.21. The Morgan fingerprint density at radius 1 is 1.09 bits per heavy atom. The molecule has 1 amide bonds. The van der Waals surface area contributed by atoms with Crippen LogP contribution >= 0.6 is 22.9 Å². The predicted molar refractivity (Wildman–Crippen MR) is 140 cm³/mol. The van der Waals surface area contributed by atoms with Crippen LogP contribution in [0.25, 0.3) is 10.2 Å². The molecular weight excluding hydrogens is 506 g/mol. The van der Waals surface area contributed by atoms with E-state index in [1.807, 2.05) is 43.7 Å². The zero-order valence-corrected chi connectivity index (χ0v) is 22.5. The van der Waals surface area contributed by atoms with Crippen LogP contribution in [0.3, 0.4) is 0 Å². The van der Waals surface area contributed by atoms with Crippen molar-refractivity contribution in [2.75, 3.05) is 25.5 Å². The number of aromatic nitrogens is 3. The molecule has 0 saturated carbocycles. The highest BCUT2D eigenvalue weighted by atomic mass is 35.5. The van der Waals surface area contributed by atoms with Crippen molar-refractivity contribution >= 4 is 54.2 Å². The van der Waals surface area contributed by atoms with E-state index in [4.69, 9.17) is 16.6 Å². The number of carbonyl (C=O) groups excluding carboxylic acids is 1. The Kier molecular flexibility index (Phi) is 7.01. The summed E-state index contributed by atoms with van der Waals surface area (Å²) >= 11 is 7.70. The van der Waals surface area contributed by atoms with Gasteiger partial charge >= 0.3 is 0 Å². The van der Waals surface area contributed by atoms with E-state index in [9.17, 15) is 13.2 Å². The van der Waals surface area contributed by atoms with Gasteiger partial charge in [-0.15, -0.1) is 0 Å². The molecule has 184 valence electrons. The first kappa shape index (κ1) is 25.3. The van der Waals surface area contributed by atoms with E-state index < -0.39 is 10.0 Å². The van der Waals surface area contributed by atoms with Gasteiger partial charge in [-0.3, -0.25) is 14.4 Å². The van der Waals surface area contributed by atoms with Crippen molar-refractivity contribution in [1.82, 2.24) is 19.1 Å². The second kappa shape index (κ2) is 9.69. The Morgan fingerprint density at radius 3 is 2.37 bits per heavy atom. The molecule has 0 aliphatic carbocycles. The number of sulfonamides is 1. The van der Waals surface area contributed by atoms with Gasteiger partial charge in [0.1, 0.15) is 0 Å². The second-order valence-corrected chi connectivity index (χ2v) is 12.0. The van der Waals surface area contributed by atoms with E-state index in [2.05, 4.69) is 5.10 Å². The maximum Gasteiger partial charge on any atom is 0.260 e. The maximum absolute atomic E-state index is 13.7. The molecule has 2 aromatic heterocycles. The molecule has 2 aromatic carbocycles. The van der Waals surface area contributed by atoms with Crippen molar-refractivity contribution in [3.8, 4) is 0 Å². The van der Waals surface area contributed by atoms with E-state index >= 15 is 0 Å². The molecule has 8 nitrogen and oxygen atoms in total. The lowest BCUT2D eigenvalue weighted by molar-refractivity contribution is 0.0985. The van der Waals surface area contributed by atoms with E-state index in [-0.39, 0.29) is 10.8 Å². The van der Waals surface area contributed by atoms with Gasteiger partial charge in [-0.1, -0.05) is 22.9 Å². The van der Waals surface area contributed by atoms with Gasteiger partial charge in [-0.05, 0) is 68.8 Å². The molecule has 0 saturated heterocycles. The number of nitrogens with zero attached hydrogens (tertiary/aromatic N) is 5. The van der Waals surface area contributed by atoms with Crippen LogP contribution < -0.4 is 4.90 Å². The van der Waals surface area contributed by atoms with E-state index in [1.165, 1.54) is 49.7 Å². The van der Waals surface area contributed by atoms with Gasteiger partial charge in [0.15, 0.2) is 5.13 Å². The summed E-state index contributed by atoms with van der Waals surface area (Å²) in [6.07, 6.45) is 0. The summed E-state index contributed by atoms with van der Waals surface area (Å²) in [7, 11) is -0.655. The highest BCUT2D eigenvalue weighted by Crippen LogP contribution is 2.34. The second-order valence-electron chi connectivity index (χ2n) is 8.43. The van der Waals surface area contributed by atoms with Crippen molar-refractivity contribution in [2.45, 2.75) is 32.2 Å². The molecule has 0 N–H and O–H groups in total. The minimum Gasteiger partial charge on any atom is -0.282 e. The largest absolute Gasteiger partial charge is 0.282 e. The first-order valence-corrected chi connectivity index (χ1v) is 13.5. The zero-order chi connectivity index (χ0) is 25.5. The van der Waals surface area contributed by atoms with Crippen LogP contribution in [0.4, 0.5) is 5.13 Å². The molecular formula is C24H26ClN5O3S2. The molecule has 0 aliphatic heterocycles. The summed E-state index contributed by atoms with van der Waals surface area (Å²) < 4.78 is 28.8. The number of hydrogen-bond acceptors (Lipinski definition) is 6. The third-order valence-corrected chi connectivity index (χ3v) is 9.01. The summed E-state index contributed by atoms with van der Waals surface area (Å²) in [5.74, 6) is -0.275. The van der Waals surface area contributed by atoms with Crippen molar-refractivity contribution in [1.29, 1.82) is 0 Å². The number of thiazole rings is 1. The van der Waals surface area contributed by atoms with Gasteiger partial charge in [0.25, 0.3) is 5.91 Å². The van der Waals surface area contributed by atoms with E-state index in [0.29, 0.717) is 28.8 Å². The average molecular weight is 532 g/mol. The standard InChI is InChI=1S/C24H26ClN5O3S2/c1-15-14-16(2)30(27-15)13-12-29(24-26-22-17(3)20(25)10-11-21(22)34-24)23(31)18-6-8-19(9-7-18)35(32,33)28(4)5/h6-11,14H,12-13H2,1-5H3. The summed E-state index contributed by atoms with van der Waals surface area (Å²) in [5, 5.41) is 5.67. The fourth-order valence-electron chi connectivity index (χ4n) is 3.72. The van der Waals surface area contributed by atoms with Crippen molar-refractivity contribution < 1.29 is 13.2 Å². The molecule has 0 spiro atoms. The lowest BCUT2D eigenvalue weighted by atomic mass is 10.2. The van der Waals surface area contributed by atoms with Gasteiger partial charge < -0.3 is 0 Å². The number of amides is 1. The first-order chi connectivity index (χ1) is 16.5. The van der Waals surface area contributed by atoms with Crippen molar-refractivity contribution in [3.63, 3.8) is 0 Å². The molecule has 11 heteroatoms. The molecule has 0 aliphatic rings. The van der Waals surface area contributed by atoms with Gasteiger partial charge in [0, 0.05) is 36.9 Å². The molecule has 4 rings (SSSR count). The van der Waals surface area contributed by atoms with Crippen LogP contribution in [-0.4, -0.2) is 54.0 Å².